The zero-order valence-electron chi connectivity index (χ0n) is 13.3. The van der Waals surface area contributed by atoms with E-state index >= 15 is 0 Å². The molecule has 1 aliphatic carbocycles. The number of aliphatic hydroxyl groups excluding tert-OH is 1. The largest absolute Gasteiger partial charge is 3.00 e. The molecule has 0 spiro atoms. The Labute approximate surface area is 170 Å². The fourth-order valence-corrected chi connectivity index (χ4v) is 7.13. The summed E-state index contributed by atoms with van der Waals surface area (Å²) in [5.74, 6) is 0. The smallest absolute Gasteiger partial charge is 1.00 e. The van der Waals surface area contributed by atoms with Gasteiger partial charge in [-0.3, -0.25) is 0 Å². The molecular weight excluding hydrogens is 422 g/mol. The molecular formula is C18H19Cl2OSiZr. The van der Waals surface area contributed by atoms with Crippen molar-refractivity contribution in [3.63, 3.8) is 0 Å². The average Bonchev–Trinajstić information content (AvgIpc) is 2.83. The minimum absolute atomic E-state index is 0. The van der Waals surface area contributed by atoms with Crippen LogP contribution in [0.1, 0.15) is 18.4 Å². The van der Waals surface area contributed by atoms with Crippen LogP contribution < -0.4 is 35.2 Å². The molecule has 0 unspecified atom stereocenters. The van der Waals surface area contributed by atoms with E-state index in [9.17, 15) is 5.11 Å². The van der Waals surface area contributed by atoms with Gasteiger partial charge in [-0.1, -0.05) is 36.9 Å². The molecule has 0 bridgehead atoms. The van der Waals surface area contributed by atoms with Crippen molar-refractivity contribution >= 4 is 34.8 Å². The summed E-state index contributed by atoms with van der Waals surface area (Å²) in [7, 11) is -1.20. The molecule has 0 saturated carbocycles. The van der Waals surface area contributed by atoms with Gasteiger partial charge >= 0.3 is 26.2 Å². The third-order valence-electron chi connectivity index (χ3n) is 4.89. The second-order valence-corrected chi connectivity index (χ2v) is 10.7. The van der Waals surface area contributed by atoms with Crippen molar-refractivity contribution in [3.8, 4) is 0 Å². The summed E-state index contributed by atoms with van der Waals surface area (Å²) in [6.07, 6.45) is 6.19. The maximum Gasteiger partial charge on any atom is 3.00 e. The van der Waals surface area contributed by atoms with Gasteiger partial charge in [0.2, 0.25) is 0 Å². The van der Waals surface area contributed by atoms with E-state index in [-0.39, 0.29) is 57.6 Å². The van der Waals surface area contributed by atoms with E-state index in [0.29, 0.717) is 0 Å². The minimum atomic E-state index is -1.20. The SMILES string of the molecule is C[Si]1(C)c2[cH-]c3cccc(C4=C(CCO)C=CC4)c3c21.[Cl-].[Cl-].[Zr+3]. The standard InChI is InChI=1S/C18H19OSi.2ClH.Zr/c1-20(2)16-11-13-6-4-8-15(17(13)18(16)20)14-7-3-5-12(14)9-10-19;;;/h3-6,8,11,19H,7,9-10H2,1-2H3;2*1H;/q-1;;;+3/p-2. The van der Waals surface area contributed by atoms with Gasteiger partial charge in [0.25, 0.3) is 0 Å². The van der Waals surface area contributed by atoms with E-state index in [0.717, 1.165) is 12.8 Å². The van der Waals surface area contributed by atoms with Crippen LogP contribution in [0, 0.1) is 0 Å². The van der Waals surface area contributed by atoms with Crippen molar-refractivity contribution in [1.29, 1.82) is 0 Å². The third-order valence-corrected chi connectivity index (χ3v) is 8.15. The molecule has 0 aromatic heterocycles. The maximum atomic E-state index is 9.25. The van der Waals surface area contributed by atoms with Crippen LogP contribution in [0.25, 0.3) is 16.3 Å². The Morgan fingerprint density at radius 1 is 1.22 bits per heavy atom. The molecule has 1 N–H and O–H groups in total. The number of hydrogen-bond acceptors (Lipinski definition) is 1. The quantitative estimate of drug-likeness (QED) is 0.393. The van der Waals surface area contributed by atoms with Gasteiger partial charge in [-0.25, -0.2) is 0 Å². The molecule has 1 aliphatic heterocycles. The van der Waals surface area contributed by atoms with Gasteiger partial charge in [0.05, 0.1) is 0 Å². The van der Waals surface area contributed by atoms with Crippen LogP contribution in [0.4, 0.5) is 0 Å². The molecule has 0 fully saturated rings. The molecule has 1 nitrogen and oxygen atoms in total. The van der Waals surface area contributed by atoms with Crippen LogP contribution in [0.15, 0.2) is 42.0 Å². The molecule has 23 heavy (non-hydrogen) atoms. The van der Waals surface area contributed by atoms with Gasteiger partial charge in [-0.05, 0) is 24.0 Å². The van der Waals surface area contributed by atoms with Crippen molar-refractivity contribution in [2.75, 3.05) is 6.61 Å². The summed E-state index contributed by atoms with van der Waals surface area (Å²) in [5.41, 5.74) is 4.15. The Balaban J connectivity index is 0.000000882. The molecule has 2 aliphatic rings. The molecule has 2 aromatic rings. The van der Waals surface area contributed by atoms with E-state index < -0.39 is 8.07 Å². The molecule has 1 heterocycles. The van der Waals surface area contributed by atoms with E-state index in [4.69, 9.17) is 0 Å². The molecule has 119 valence electrons. The molecule has 2 aromatic carbocycles. The van der Waals surface area contributed by atoms with Gasteiger partial charge in [0.1, 0.15) is 0 Å². The van der Waals surface area contributed by atoms with E-state index in [1.807, 2.05) is 0 Å². The first-order valence-corrected chi connectivity index (χ1v) is 10.4. The average molecular weight is 442 g/mol. The fourth-order valence-electron chi connectivity index (χ4n) is 3.76. The zero-order valence-corrected chi connectivity index (χ0v) is 18.3. The number of hydrogen-bond donors (Lipinski definition) is 1. The van der Waals surface area contributed by atoms with Crippen LogP contribution >= 0.6 is 0 Å². The van der Waals surface area contributed by atoms with Crippen LogP contribution in [-0.4, -0.2) is 19.8 Å². The Morgan fingerprint density at radius 2 is 1.96 bits per heavy atom. The molecule has 5 heteroatoms. The number of aliphatic hydroxyl groups is 1. The zero-order chi connectivity index (χ0) is 13.9. The summed E-state index contributed by atoms with van der Waals surface area (Å²) >= 11 is 0. The number of fused-ring (bicyclic) bond motifs is 3. The van der Waals surface area contributed by atoms with Gasteiger partial charge < -0.3 is 29.9 Å². The van der Waals surface area contributed by atoms with Gasteiger partial charge in [0, 0.05) is 14.7 Å². The van der Waals surface area contributed by atoms with E-state index in [2.05, 4.69) is 49.5 Å². The predicted octanol–water partition coefficient (Wildman–Crippen LogP) is -3.20. The molecule has 0 amide bonds. The molecule has 0 saturated heterocycles. The Kier molecular flexibility index (Phi) is 6.80. The van der Waals surface area contributed by atoms with Crippen molar-refractivity contribution in [3.05, 3.63) is 47.6 Å². The normalized spacial score (nSPS) is 16.5. The summed E-state index contributed by atoms with van der Waals surface area (Å²) in [6.45, 7) is 5.13. The second-order valence-electron chi connectivity index (χ2n) is 6.41. The summed E-state index contributed by atoms with van der Waals surface area (Å²) in [6, 6.07) is 9.09. The molecule has 4 rings (SSSR count). The number of allylic oxidation sites excluding steroid dienone is 3. The first-order valence-electron chi connectivity index (χ1n) is 7.37. The summed E-state index contributed by atoms with van der Waals surface area (Å²) < 4.78 is 0. The summed E-state index contributed by atoms with van der Waals surface area (Å²) in [4.78, 5) is 0. The topological polar surface area (TPSA) is 20.2 Å². The number of benzene rings is 1. The van der Waals surface area contributed by atoms with E-state index in [1.165, 1.54) is 27.5 Å². The number of halogens is 2. The van der Waals surface area contributed by atoms with E-state index in [1.54, 1.807) is 10.4 Å². The van der Waals surface area contributed by atoms with Crippen molar-refractivity contribution in [1.82, 2.24) is 0 Å². The third kappa shape index (κ3) is 3.12. The Hall–Kier alpha value is -0.0500. The first-order chi connectivity index (χ1) is 9.64. The van der Waals surface area contributed by atoms with Crippen LogP contribution in [0.3, 0.4) is 0 Å². The van der Waals surface area contributed by atoms with Crippen molar-refractivity contribution in [2.45, 2.75) is 25.9 Å². The second kappa shape index (κ2) is 7.45. The van der Waals surface area contributed by atoms with Crippen LogP contribution in [0.2, 0.25) is 13.1 Å². The number of rotatable bonds is 3. The van der Waals surface area contributed by atoms with Crippen molar-refractivity contribution in [2.24, 2.45) is 0 Å². The van der Waals surface area contributed by atoms with Gasteiger partial charge in [-0.15, -0.1) is 29.0 Å². The van der Waals surface area contributed by atoms with Crippen LogP contribution in [0.5, 0.6) is 0 Å². The minimum Gasteiger partial charge on any atom is -1.00 e. The Morgan fingerprint density at radius 3 is 2.65 bits per heavy atom. The predicted molar refractivity (Wildman–Crippen MR) is 88.7 cm³/mol. The maximum absolute atomic E-state index is 9.25. The monoisotopic (exact) mass is 439 g/mol. The molecule has 0 atom stereocenters. The fraction of sp³-hybridized carbons (Fsp3) is 0.278. The van der Waals surface area contributed by atoms with Gasteiger partial charge in [0.15, 0.2) is 0 Å². The van der Waals surface area contributed by atoms with Crippen LogP contribution in [-0.2, 0) is 26.2 Å². The first kappa shape index (κ1) is 21.0. The Bertz CT molecular complexity index is 790. The van der Waals surface area contributed by atoms with Gasteiger partial charge in [-0.2, -0.15) is 10.4 Å². The van der Waals surface area contributed by atoms with Crippen molar-refractivity contribution < 1.29 is 56.1 Å². The molecule has 1 radical (unpaired) electrons. The summed E-state index contributed by atoms with van der Waals surface area (Å²) in [5, 5.41) is 15.5.